The van der Waals surface area contributed by atoms with E-state index in [9.17, 15) is 4.39 Å². The largest absolute Gasteiger partial charge is 0.496 e. The van der Waals surface area contributed by atoms with Crippen molar-refractivity contribution >= 4 is 5.95 Å². The molecule has 1 aliphatic heterocycles. The Kier molecular flexibility index (Phi) is 5.66. The number of hydrogen-bond donors (Lipinski definition) is 0. The van der Waals surface area contributed by atoms with Gasteiger partial charge in [-0.25, -0.2) is 24.0 Å². The Morgan fingerprint density at radius 1 is 0.970 bits per heavy atom. The number of methoxy groups -OCH3 is 1. The molecule has 0 saturated carbocycles. The Labute approximate surface area is 190 Å². The summed E-state index contributed by atoms with van der Waals surface area (Å²) >= 11 is 0. The molecule has 1 aliphatic rings. The molecule has 168 valence electrons. The zero-order valence-corrected chi connectivity index (χ0v) is 18.4. The minimum Gasteiger partial charge on any atom is -0.496 e. The first-order valence-corrected chi connectivity index (χ1v) is 10.6. The van der Waals surface area contributed by atoms with Crippen molar-refractivity contribution in [1.82, 2.24) is 34.6 Å². The maximum atomic E-state index is 14.5. The van der Waals surface area contributed by atoms with E-state index < -0.39 is 5.82 Å². The van der Waals surface area contributed by atoms with Gasteiger partial charge >= 0.3 is 0 Å². The summed E-state index contributed by atoms with van der Waals surface area (Å²) < 4.78 is 21.5. The topological polar surface area (TPSA) is 85.1 Å². The number of halogens is 1. The lowest BCUT2D eigenvalue weighted by molar-refractivity contribution is 0.311. The second kappa shape index (κ2) is 8.91. The first-order valence-electron chi connectivity index (χ1n) is 10.6. The van der Waals surface area contributed by atoms with Crippen LogP contribution in [0.2, 0.25) is 0 Å². The molecule has 0 atom stereocenters. The number of ether oxygens (including phenoxy) is 1. The summed E-state index contributed by atoms with van der Waals surface area (Å²) in [7, 11) is 3.60. The van der Waals surface area contributed by atoms with Crippen molar-refractivity contribution < 1.29 is 9.13 Å². The molecule has 3 aromatic heterocycles. The van der Waals surface area contributed by atoms with Crippen molar-refractivity contribution in [3.05, 3.63) is 60.9 Å². The summed E-state index contributed by atoms with van der Waals surface area (Å²) in [6, 6.07) is 8.20. The molecule has 4 heterocycles. The lowest BCUT2D eigenvalue weighted by atomic mass is 10.1. The molecule has 0 amide bonds. The van der Waals surface area contributed by atoms with Crippen molar-refractivity contribution in [2.45, 2.75) is 0 Å². The molecule has 5 rings (SSSR count). The summed E-state index contributed by atoms with van der Waals surface area (Å²) in [4.78, 5) is 22.4. The van der Waals surface area contributed by atoms with E-state index >= 15 is 0 Å². The van der Waals surface area contributed by atoms with Crippen molar-refractivity contribution in [3.8, 4) is 34.2 Å². The maximum Gasteiger partial charge on any atom is 0.227 e. The van der Waals surface area contributed by atoms with Gasteiger partial charge in [-0.05, 0) is 25.2 Å². The van der Waals surface area contributed by atoms with E-state index in [0.717, 1.165) is 31.7 Å². The number of aromatic nitrogens is 6. The number of benzene rings is 1. The molecular weight excluding hydrogens is 423 g/mol. The monoisotopic (exact) mass is 446 g/mol. The average Bonchev–Trinajstić information content (AvgIpc) is 3.35. The number of likely N-dealkylation sites (N-methyl/N-ethyl adjacent to an activating group) is 1. The first kappa shape index (κ1) is 21.0. The standard InChI is InChI=1S/C23H23FN8O/c1-30-10-12-31(13-11-30)23-26-9-7-20(29-23)32-15-16(14-27-32)18-6-8-25-22(28-18)21-17(24)4-3-5-19(21)33-2/h3-9,14-15H,10-13H2,1-2H3. The van der Waals surface area contributed by atoms with Gasteiger partial charge in [-0.2, -0.15) is 10.1 Å². The quantitative estimate of drug-likeness (QED) is 0.463. The van der Waals surface area contributed by atoms with Gasteiger partial charge in [0.2, 0.25) is 5.95 Å². The van der Waals surface area contributed by atoms with E-state index in [0.29, 0.717) is 23.2 Å². The summed E-state index contributed by atoms with van der Waals surface area (Å²) in [6.45, 7) is 3.71. The van der Waals surface area contributed by atoms with E-state index in [1.54, 1.807) is 41.5 Å². The van der Waals surface area contributed by atoms with Crippen LogP contribution < -0.4 is 9.64 Å². The highest BCUT2D eigenvalue weighted by atomic mass is 19.1. The smallest absolute Gasteiger partial charge is 0.227 e. The maximum absolute atomic E-state index is 14.5. The molecule has 1 fully saturated rings. The molecule has 0 aliphatic carbocycles. The lowest BCUT2D eigenvalue weighted by Crippen LogP contribution is -2.45. The highest BCUT2D eigenvalue weighted by molar-refractivity contribution is 5.68. The molecule has 0 spiro atoms. The van der Waals surface area contributed by atoms with Gasteiger partial charge < -0.3 is 14.5 Å². The number of rotatable bonds is 5. The average molecular weight is 446 g/mol. The third-order valence-electron chi connectivity index (χ3n) is 5.60. The van der Waals surface area contributed by atoms with Crippen molar-refractivity contribution in [2.24, 2.45) is 0 Å². The Morgan fingerprint density at radius 3 is 2.61 bits per heavy atom. The Hall–Kier alpha value is -3.92. The van der Waals surface area contributed by atoms with E-state index in [-0.39, 0.29) is 11.4 Å². The van der Waals surface area contributed by atoms with Gasteiger partial charge in [0, 0.05) is 56.4 Å². The predicted octanol–water partition coefficient (Wildman–Crippen LogP) is 2.69. The number of anilines is 1. The van der Waals surface area contributed by atoms with Gasteiger partial charge in [0.15, 0.2) is 11.6 Å². The number of nitrogens with zero attached hydrogens (tertiary/aromatic N) is 8. The minimum absolute atomic E-state index is 0.224. The fourth-order valence-electron chi connectivity index (χ4n) is 3.74. The normalized spacial score (nSPS) is 14.5. The van der Waals surface area contributed by atoms with Gasteiger partial charge in [-0.15, -0.1) is 0 Å². The zero-order valence-electron chi connectivity index (χ0n) is 18.4. The van der Waals surface area contributed by atoms with Crippen LogP contribution in [-0.4, -0.2) is 75.0 Å². The Morgan fingerprint density at radius 2 is 1.79 bits per heavy atom. The summed E-state index contributed by atoms with van der Waals surface area (Å²) in [5, 5.41) is 4.46. The SMILES string of the molecule is COc1cccc(F)c1-c1nccc(-c2cnn(-c3ccnc(N4CCN(C)CC4)n3)c2)n1. The molecule has 1 aromatic carbocycles. The van der Waals surface area contributed by atoms with Gasteiger partial charge in [0.25, 0.3) is 0 Å². The highest BCUT2D eigenvalue weighted by Crippen LogP contribution is 2.31. The fraction of sp³-hybridized carbons (Fsp3) is 0.261. The molecule has 9 nitrogen and oxygen atoms in total. The molecule has 0 unspecified atom stereocenters. The van der Waals surface area contributed by atoms with E-state index in [4.69, 9.17) is 9.72 Å². The zero-order chi connectivity index (χ0) is 22.8. The molecule has 1 saturated heterocycles. The molecule has 0 radical (unpaired) electrons. The Bertz CT molecular complexity index is 1270. The second-order valence-corrected chi connectivity index (χ2v) is 7.76. The van der Waals surface area contributed by atoms with Crippen molar-refractivity contribution in [3.63, 3.8) is 0 Å². The van der Waals surface area contributed by atoms with Crippen LogP contribution in [0.1, 0.15) is 0 Å². The summed E-state index contributed by atoms with van der Waals surface area (Å²) in [6.07, 6.45) is 6.87. The molecule has 10 heteroatoms. The third-order valence-corrected chi connectivity index (χ3v) is 5.60. The predicted molar refractivity (Wildman–Crippen MR) is 122 cm³/mol. The van der Waals surface area contributed by atoms with Crippen LogP contribution >= 0.6 is 0 Å². The number of piperazine rings is 1. The second-order valence-electron chi connectivity index (χ2n) is 7.76. The minimum atomic E-state index is -0.445. The fourth-order valence-corrected chi connectivity index (χ4v) is 3.74. The Balaban J connectivity index is 1.43. The molecular formula is C23H23FN8O. The van der Waals surface area contributed by atoms with E-state index in [1.807, 2.05) is 12.3 Å². The van der Waals surface area contributed by atoms with Crippen LogP contribution in [0, 0.1) is 5.82 Å². The number of hydrogen-bond acceptors (Lipinski definition) is 8. The van der Waals surface area contributed by atoms with Gasteiger partial charge in [-0.1, -0.05) is 6.07 Å². The van der Waals surface area contributed by atoms with Crippen LogP contribution in [0.25, 0.3) is 28.5 Å². The van der Waals surface area contributed by atoms with Gasteiger partial charge in [-0.3, -0.25) is 0 Å². The van der Waals surface area contributed by atoms with Crippen LogP contribution in [-0.2, 0) is 0 Å². The van der Waals surface area contributed by atoms with Crippen LogP contribution in [0.5, 0.6) is 5.75 Å². The van der Waals surface area contributed by atoms with E-state index in [1.165, 1.54) is 13.2 Å². The highest BCUT2D eigenvalue weighted by Gasteiger charge is 2.18. The summed E-state index contributed by atoms with van der Waals surface area (Å²) in [5.74, 6) is 1.53. The molecule has 4 aromatic rings. The third kappa shape index (κ3) is 4.24. The molecule has 0 N–H and O–H groups in total. The molecule has 33 heavy (non-hydrogen) atoms. The van der Waals surface area contributed by atoms with Crippen molar-refractivity contribution in [2.75, 3.05) is 45.2 Å². The van der Waals surface area contributed by atoms with E-state index in [2.05, 4.69) is 36.9 Å². The van der Waals surface area contributed by atoms with Gasteiger partial charge in [0.1, 0.15) is 11.6 Å². The molecule has 0 bridgehead atoms. The lowest BCUT2D eigenvalue weighted by Gasteiger charge is -2.32. The van der Waals surface area contributed by atoms with Gasteiger partial charge in [0.05, 0.1) is 24.6 Å². The van der Waals surface area contributed by atoms with Crippen LogP contribution in [0.3, 0.4) is 0 Å². The summed E-state index contributed by atoms with van der Waals surface area (Å²) in [5.41, 5.74) is 1.60. The van der Waals surface area contributed by atoms with Crippen molar-refractivity contribution in [1.29, 1.82) is 0 Å². The first-order chi connectivity index (χ1) is 16.1. The van der Waals surface area contributed by atoms with Crippen LogP contribution in [0.4, 0.5) is 10.3 Å². The van der Waals surface area contributed by atoms with Crippen LogP contribution in [0.15, 0.2) is 55.1 Å².